The van der Waals surface area contributed by atoms with E-state index in [1.165, 1.54) is 23.5 Å². The summed E-state index contributed by atoms with van der Waals surface area (Å²) >= 11 is 5.61. The maximum atomic E-state index is 12.7. The van der Waals surface area contributed by atoms with Crippen LogP contribution in [0, 0.1) is 0 Å². The maximum Gasteiger partial charge on any atom is 0.471 e. The SMILES string of the molecule is CN(CCCCCl)S(=O)(=O)c1ccc2c(c1)CCN(C(=O)C(F)(F)F)CC2. The van der Waals surface area contributed by atoms with Crippen LogP contribution in [-0.4, -0.2) is 62.3 Å². The summed E-state index contributed by atoms with van der Waals surface area (Å²) in [7, 11) is -2.20. The number of sulfonamides is 1. The Hall–Kier alpha value is -1.32. The van der Waals surface area contributed by atoms with Crippen LogP contribution in [0.4, 0.5) is 13.2 Å². The number of nitrogens with zero attached hydrogens (tertiary/aromatic N) is 2. The smallest absolute Gasteiger partial charge is 0.334 e. The highest BCUT2D eigenvalue weighted by Crippen LogP contribution is 2.25. The van der Waals surface area contributed by atoms with Crippen molar-refractivity contribution in [2.45, 2.75) is 36.8 Å². The fraction of sp³-hybridized carbons (Fsp3) is 0.588. The summed E-state index contributed by atoms with van der Waals surface area (Å²) in [5.41, 5.74) is 1.42. The second-order valence-electron chi connectivity index (χ2n) is 6.44. The topological polar surface area (TPSA) is 57.7 Å². The highest BCUT2D eigenvalue weighted by Gasteiger charge is 2.42. The Balaban J connectivity index is 2.17. The summed E-state index contributed by atoms with van der Waals surface area (Å²) in [5, 5.41) is 0. The predicted molar refractivity (Wildman–Crippen MR) is 96.3 cm³/mol. The molecule has 0 bridgehead atoms. The lowest BCUT2D eigenvalue weighted by molar-refractivity contribution is -0.185. The molecule has 27 heavy (non-hydrogen) atoms. The molecule has 0 saturated carbocycles. The van der Waals surface area contributed by atoms with Gasteiger partial charge in [0.1, 0.15) is 0 Å². The van der Waals surface area contributed by atoms with Crippen LogP contribution < -0.4 is 0 Å². The minimum Gasteiger partial charge on any atom is -0.334 e. The number of carbonyl (C=O) groups excluding carboxylic acids is 1. The van der Waals surface area contributed by atoms with Gasteiger partial charge in [-0.25, -0.2) is 12.7 Å². The highest BCUT2D eigenvalue weighted by molar-refractivity contribution is 7.89. The van der Waals surface area contributed by atoms with Gasteiger partial charge in [-0.05, 0) is 48.9 Å². The summed E-state index contributed by atoms with van der Waals surface area (Å²) in [6, 6.07) is 4.59. The molecule has 0 fully saturated rings. The lowest BCUT2D eigenvalue weighted by Gasteiger charge is -2.21. The van der Waals surface area contributed by atoms with Crippen molar-refractivity contribution < 1.29 is 26.4 Å². The summed E-state index contributed by atoms with van der Waals surface area (Å²) in [6.07, 6.45) is -3.14. The monoisotopic (exact) mass is 426 g/mol. The fourth-order valence-electron chi connectivity index (χ4n) is 2.97. The van der Waals surface area contributed by atoms with Crippen LogP contribution in [-0.2, 0) is 27.7 Å². The molecule has 5 nitrogen and oxygen atoms in total. The zero-order chi connectivity index (χ0) is 20.2. The molecule has 0 N–H and O–H groups in total. The number of amides is 1. The van der Waals surface area contributed by atoms with Crippen LogP contribution in [0.5, 0.6) is 0 Å². The van der Waals surface area contributed by atoms with E-state index in [0.717, 1.165) is 10.5 Å². The van der Waals surface area contributed by atoms with Crippen LogP contribution in [0.1, 0.15) is 24.0 Å². The van der Waals surface area contributed by atoms with Crippen LogP contribution in [0.2, 0.25) is 0 Å². The average molecular weight is 427 g/mol. The van der Waals surface area contributed by atoms with Crippen molar-refractivity contribution in [2.75, 3.05) is 32.6 Å². The summed E-state index contributed by atoms with van der Waals surface area (Å²) < 4.78 is 64.6. The predicted octanol–water partition coefficient (Wildman–Crippen LogP) is 2.82. The summed E-state index contributed by atoms with van der Waals surface area (Å²) in [5.74, 6) is -1.40. The molecule has 0 aliphatic carbocycles. The molecule has 0 atom stereocenters. The summed E-state index contributed by atoms with van der Waals surface area (Å²) in [6.45, 7) is 0.191. The average Bonchev–Trinajstić information content (AvgIpc) is 2.82. The van der Waals surface area contributed by atoms with Gasteiger partial charge in [0.2, 0.25) is 10.0 Å². The van der Waals surface area contributed by atoms with Gasteiger partial charge in [-0.3, -0.25) is 4.79 Å². The van der Waals surface area contributed by atoms with Crippen LogP contribution in [0.15, 0.2) is 23.1 Å². The molecule has 0 unspecified atom stereocenters. The second-order valence-corrected chi connectivity index (χ2v) is 8.87. The third-order valence-electron chi connectivity index (χ3n) is 4.57. The van der Waals surface area contributed by atoms with E-state index in [4.69, 9.17) is 11.6 Å². The van der Waals surface area contributed by atoms with Gasteiger partial charge < -0.3 is 4.90 Å². The van der Waals surface area contributed by atoms with E-state index in [2.05, 4.69) is 0 Å². The molecular weight excluding hydrogens is 405 g/mol. The molecule has 1 aliphatic rings. The Morgan fingerprint density at radius 2 is 1.81 bits per heavy atom. The number of hydrogen-bond donors (Lipinski definition) is 0. The van der Waals surface area contributed by atoms with Gasteiger partial charge >= 0.3 is 12.1 Å². The number of carbonyl (C=O) groups is 1. The van der Waals surface area contributed by atoms with Gasteiger partial charge in [0.25, 0.3) is 0 Å². The fourth-order valence-corrected chi connectivity index (χ4v) is 4.42. The molecular formula is C17H22ClF3N2O3S. The van der Waals surface area contributed by atoms with Crippen molar-refractivity contribution in [2.24, 2.45) is 0 Å². The molecule has 1 amide bonds. The highest BCUT2D eigenvalue weighted by atomic mass is 35.5. The van der Waals surface area contributed by atoms with Crippen LogP contribution in [0.25, 0.3) is 0 Å². The van der Waals surface area contributed by atoms with Crippen LogP contribution in [0.3, 0.4) is 0 Å². The first-order valence-electron chi connectivity index (χ1n) is 8.57. The summed E-state index contributed by atoms with van der Waals surface area (Å²) in [4.78, 5) is 12.3. The van der Waals surface area contributed by atoms with Crippen molar-refractivity contribution in [1.82, 2.24) is 9.21 Å². The van der Waals surface area contributed by atoms with E-state index in [9.17, 15) is 26.4 Å². The molecule has 1 aromatic carbocycles. The lowest BCUT2D eigenvalue weighted by Crippen LogP contribution is -2.42. The molecule has 1 aromatic rings. The van der Waals surface area contributed by atoms with Crippen molar-refractivity contribution in [3.8, 4) is 0 Å². The molecule has 10 heteroatoms. The molecule has 1 heterocycles. The molecule has 0 saturated heterocycles. The number of fused-ring (bicyclic) bond motifs is 1. The Morgan fingerprint density at radius 3 is 2.41 bits per heavy atom. The van der Waals surface area contributed by atoms with Gasteiger partial charge in [-0.15, -0.1) is 11.6 Å². The van der Waals surface area contributed by atoms with Gasteiger partial charge in [0.05, 0.1) is 4.90 Å². The van der Waals surface area contributed by atoms with Crippen molar-refractivity contribution in [3.05, 3.63) is 29.3 Å². The number of rotatable bonds is 6. The molecule has 0 spiro atoms. The van der Waals surface area contributed by atoms with Gasteiger partial charge in [0.15, 0.2) is 0 Å². The third-order valence-corrected chi connectivity index (χ3v) is 6.69. The van der Waals surface area contributed by atoms with Gasteiger partial charge in [0, 0.05) is 32.6 Å². The number of alkyl halides is 4. The number of unbranched alkanes of at least 4 members (excludes halogenated alkanes) is 1. The van der Waals surface area contributed by atoms with E-state index in [1.807, 2.05) is 0 Å². The molecule has 0 aromatic heterocycles. The first kappa shape index (κ1) is 22.0. The first-order chi connectivity index (χ1) is 12.6. The van der Waals surface area contributed by atoms with Crippen molar-refractivity contribution in [3.63, 3.8) is 0 Å². The zero-order valence-electron chi connectivity index (χ0n) is 14.9. The van der Waals surface area contributed by atoms with E-state index in [1.54, 1.807) is 6.07 Å². The number of halogens is 4. The number of benzene rings is 1. The molecule has 0 radical (unpaired) electrons. The van der Waals surface area contributed by atoms with E-state index < -0.39 is 22.1 Å². The van der Waals surface area contributed by atoms with Crippen LogP contribution >= 0.6 is 11.6 Å². The minimum absolute atomic E-state index is 0.0459. The van der Waals surface area contributed by atoms with E-state index in [-0.39, 0.29) is 30.8 Å². The zero-order valence-corrected chi connectivity index (χ0v) is 16.5. The Labute approximate surface area is 162 Å². The first-order valence-corrected chi connectivity index (χ1v) is 10.5. The van der Waals surface area contributed by atoms with E-state index >= 15 is 0 Å². The maximum absolute atomic E-state index is 12.7. The second kappa shape index (κ2) is 8.79. The Morgan fingerprint density at radius 1 is 1.19 bits per heavy atom. The molecule has 2 rings (SSSR count). The van der Waals surface area contributed by atoms with Crippen molar-refractivity contribution >= 4 is 27.5 Å². The third kappa shape index (κ3) is 5.36. The standard InChI is InChI=1S/C17H22ClF3N2O3S/c1-22(9-3-2-8-18)27(25,26)15-5-4-13-6-10-23(11-7-14(13)12-15)16(24)17(19,20)21/h4-5,12H,2-3,6-11H2,1H3. The molecule has 1 aliphatic heterocycles. The Bertz CT molecular complexity index is 784. The normalized spacial score (nSPS) is 15.6. The number of hydrogen-bond acceptors (Lipinski definition) is 3. The van der Waals surface area contributed by atoms with E-state index in [0.29, 0.717) is 30.8 Å². The lowest BCUT2D eigenvalue weighted by atomic mass is 10.0. The van der Waals surface area contributed by atoms with Gasteiger partial charge in [-0.2, -0.15) is 13.2 Å². The molecule has 152 valence electrons. The largest absolute Gasteiger partial charge is 0.471 e. The minimum atomic E-state index is -4.91. The quantitative estimate of drug-likeness (QED) is 0.519. The van der Waals surface area contributed by atoms with Gasteiger partial charge in [-0.1, -0.05) is 6.07 Å². The van der Waals surface area contributed by atoms with Crippen molar-refractivity contribution in [1.29, 1.82) is 0 Å². The Kier molecular flexibility index (Phi) is 7.15.